The Morgan fingerprint density at radius 3 is 2.72 bits per heavy atom. The molecule has 2 N–H and O–H groups in total. The van der Waals surface area contributed by atoms with E-state index in [1.807, 2.05) is 48.3 Å². The molecule has 0 bridgehead atoms. The van der Waals surface area contributed by atoms with E-state index in [0.29, 0.717) is 31.0 Å². The molecule has 5 heterocycles. The van der Waals surface area contributed by atoms with Gasteiger partial charge in [0.25, 0.3) is 5.91 Å². The van der Waals surface area contributed by atoms with Crippen molar-refractivity contribution in [3.8, 4) is 22.4 Å². The summed E-state index contributed by atoms with van der Waals surface area (Å²) in [6.07, 6.45) is 4.83. The molecule has 2 saturated heterocycles. The van der Waals surface area contributed by atoms with E-state index in [1.54, 1.807) is 6.33 Å². The molecule has 2 aromatic carbocycles. The lowest BCUT2D eigenvalue weighted by molar-refractivity contribution is -0.111. The molecule has 1 spiro atoms. The van der Waals surface area contributed by atoms with Gasteiger partial charge in [0.1, 0.15) is 17.8 Å². The highest BCUT2D eigenvalue weighted by Gasteiger charge is 2.49. The number of nitrogens with zero attached hydrogens (tertiary/aromatic N) is 4. The standard InChI is InChI=1S/C30H28N6O3/c1-3-23(37)34-21-8-5-18(6-9-21)26-24-22-10-7-19(29(38)36-12-4-11-30(36)15-39-16-30)13-20(22)14-31-27-25(24)28(35(26)2)33-17-32-27/h3,5-10,13,17H,1,4,11-12,14-16H2,2H3,(H,34,37)(H,31,32,33). The summed E-state index contributed by atoms with van der Waals surface area (Å²) in [5.74, 6) is 0.575. The molecule has 3 aliphatic heterocycles. The normalized spacial score (nSPS) is 16.8. The van der Waals surface area contributed by atoms with Crippen molar-refractivity contribution in [1.82, 2.24) is 19.4 Å². The van der Waals surface area contributed by atoms with Gasteiger partial charge in [0, 0.05) is 37.0 Å². The van der Waals surface area contributed by atoms with E-state index in [0.717, 1.165) is 64.2 Å². The summed E-state index contributed by atoms with van der Waals surface area (Å²) in [4.78, 5) is 36.6. The zero-order chi connectivity index (χ0) is 26.7. The lowest BCUT2D eigenvalue weighted by Crippen LogP contribution is -2.60. The number of aromatic nitrogens is 3. The zero-order valence-electron chi connectivity index (χ0n) is 21.7. The highest BCUT2D eigenvalue weighted by molar-refractivity contribution is 6.10. The van der Waals surface area contributed by atoms with Crippen LogP contribution in [0.3, 0.4) is 0 Å². The molecule has 0 aliphatic carbocycles. The van der Waals surface area contributed by atoms with Crippen molar-refractivity contribution in [1.29, 1.82) is 0 Å². The van der Waals surface area contributed by atoms with Crippen LogP contribution in [0.25, 0.3) is 33.4 Å². The van der Waals surface area contributed by atoms with Crippen LogP contribution < -0.4 is 10.6 Å². The highest BCUT2D eigenvalue weighted by atomic mass is 16.5. The molecule has 0 radical (unpaired) electrons. The van der Waals surface area contributed by atoms with Crippen LogP contribution in [0.2, 0.25) is 0 Å². The van der Waals surface area contributed by atoms with Crippen molar-refractivity contribution in [3.63, 3.8) is 0 Å². The average molecular weight is 521 g/mol. The Balaban J connectivity index is 1.34. The number of hydrogen-bond donors (Lipinski definition) is 2. The van der Waals surface area contributed by atoms with Crippen LogP contribution in [0.4, 0.5) is 11.5 Å². The molecule has 0 unspecified atom stereocenters. The van der Waals surface area contributed by atoms with E-state index >= 15 is 0 Å². The Hall–Kier alpha value is -4.50. The van der Waals surface area contributed by atoms with E-state index in [4.69, 9.17) is 4.74 Å². The number of benzene rings is 2. The van der Waals surface area contributed by atoms with Gasteiger partial charge >= 0.3 is 0 Å². The van der Waals surface area contributed by atoms with Crippen molar-refractivity contribution < 1.29 is 14.3 Å². The number of fused-ring (bicyclic) bond motifs is 2. The molecule has 0 atom stereocenters. The molecule has 9 heteroatoms. The predicted octanol–water partition coefficient (Wildman–Crippen LogP) is 4.36. The first-order chi connectivity index (χ1) is 19.0. The van der Waals surface area contributed by atoms with E-state index in [9.17, 15) is 9.59 Å². The molecular formula is C30H28N6O3. The van der Waals surface area contributed by atoms with Crippen LogP contribution in [0.5, 0.6) is 0 Å². The van der Waals surface area contributed by atoms with Gasteiger partial charge in [-0.25, -0.2) is 9.97 Å². The third kappa shape index (κ3) is 3.57. The Morgan fingerprint density at radius 2 is 1.97 bits per heavy atom. The number of nitrogens with one attached hydrogen (secondary N) is 2. The van der Waals surface area contributed by atoms with Gasteiger partial charge in [-0.05, 0) is 59.9 Å². The molecule has 2 aromatic heterocycles. The zero-order valence-corrected chi connectivity index (χ0v) is 21.7. The summed E-state index contributed by atoms with van der Waals surface area (Å²) in [5.41, 5.74) is 7.12. The van der Waals surface area contributed by atoms with Crippen LogP contribution in [0.1, 0.15) is 28.8 Å². The Morgan fingerprint density at radius 1 is 1.15 bits per heavy atom. The molecule has 2 amide bonds. The van der Waals surface area contributed by atoms with Gasteiger partial charge in [-0.1, -0.05) is 24.8 Å². The molecule has 196 valence electrons. The Kier molecular flexibility index (Phi) is 5.31. The number of rotatable bonds is 4. The molecule has 7 rings (SSSR count). The summed E-state index contributed by atoms with van der Waals surface area (Å²) in [5, 5.41) is 7.23. The van der Waals surface area contributed by atoms with Gasteiger partial charge in [-0.2, -0.15) is 0 Å². The van der Waals surface area contributed by atoms with Gasteiger partial charge in [0.2, 0.25) is 5.91 Å². The van der Waals surface area contributed by atoms with Gasteiger partial charge in [0.15, 0.2) is 0 Å². The molecule has 2 fully saturated rings. The smallest absolute Gasteiger partial charge is 0.254 e. The van der Waals surface area contributed by atoms with Gasteiger partial charge in [-0.3, -0.25) is 9.59 Å². The lowest BCUT2D eigenvalue weighted by Gasteiger charge is -2.45. The minimum atomic E-state index is -0.256. The number of ether oxygens (including phenoxy) is 1. The number of hydrogen-bond acceptors (Lipinski definition) is 6. The minimum absolute atomic E-state index is 0.0655. The van der Waals surface area contributed by atoms with Crippen LogP contribution >= 0.6 is 0 Å². The largest absolute Gasteiger partial charge is 0.376 e. The van der Waals surface area contributed by atoms with Gasteiger partial charge in [0.05, 0.1) is 29.8 Å². The fraction of sp³-hybridized carbons (Fsp3) is 0.267. The maximum Gasteiger partial charge on any atom is 0.254 e. The van der Waals surface area contributed by atoms with E-state index in [-0.39, 0.29) is 17.4 Å². The molecule has 3 aliphatic rings. The van der Waals surface area contributed by atoms with Crippen LogP contribution in [0, 0.1) is 0 Å². The van der Waals surface area contributed by atoms with Crippen molar-refractivity contribution in [2.45, 2.75) is 24.9 Å². The number of anilines is 2. The predicted molar refractivity (Wildman–Crippen MR) is 149 cm³/mol. The summed E-state index contributed by atoms with van der Waals surface area (Å²) in [7, 11) is 2.00. The maximum absolute atomic E-state index is 13.6. The molecule has 39 heavy (non-hydrogen) atoms. The second-order valence-electron chi connectivity index (χ2n) is 10.5. The van der Waals surface area contributed by atoms with Crippen LogP contribution in [-0.2, 0) is 23.1 Å². The number of carbonyl (C=O) groups is 2. The first-order valence-corrected chi connectivity index (χ1v) is 13.1. The highest BCUT2D eigenvalue weighted by Crippen LogP contribution is 2.45. The quantitative estimate of drug-likeness (QED) is 0.388. The summed E-state index contributed by atoms with van der Waals surface area (Å²) >= 11 is 0. The van der Waals surface area contributed by atoms with Crippen molar-refractivity contribution in [2.24, 2.45) is 7.05 Å². The SMILES string of the molecule is C=CC(=O)Nc1ccc(-c2c3c4c(ncnc4n2C)NCc2cc(C(=O)N4CCCC45COC5)ccc2-3)cc1. The number of aryl methyl sites for hydroxylation is 1. The van der Waals surface area contributed by atoms with Gasteiger partial charge in [-0.15, -0.1) is 0 Å². The first kappa shape index (κ1) is 23.6. The average Bonchev–Trinajstić information content (AvgIpc) is 3.47. The molecule has 4 aromatic rings. The molecular weight excluding hydrogens is 492 g/mol. The van der Waals surface area contributed by atoms with Crippen molar-refractivity contribution >= 4 is 34.4 Å². The second-order valence-corrected chi connectivity index (χ2v) is 10.5. The third-order valence-electron chi connectivity index (χ3n) is 8.23. The van der Waals surface area contributed by atoms with E-state index in [1.165, 1.54) is 6.08 Å². The molecule has 9 nitrogen and oxygen atoms in total. The van der Waals surface area contributed by atoms with Gasteiger partial charge < -0.3 is 24.8 Å². The second kappa shape index (κ2) is 8.78. The monoisotopic (exact) mass is 520 g/mol. The van der Waals surface area contributed by atoms with Crippen molar-refractivity contribution in [2.75, 3.05) is 30.4 Å². The van der Waals surface area contributed by atoms with E-state index < -0.39 is 0 Å². The fourth-order valence-corrected chi connectivity index (χ4v) is 6.24. The van der Waals surface area contributed by atoms with Crippen LogP contribution in [0.15, 0.2) is 61.4 Å². The number of carbonyl (C=O) groups excluding carboxylic acids is 2. The maximum atomic E-state index is 13.6. The first-order valence-electron chi connectivity index (χ1n) is 13.1. The number of amides is 2. The molecule has 0 saturated carbocycles. The summed E-state index contributed by atoms with van der Waals surface area (Å²) in [6, 6.07) is 13.7. The van der Waals surface area contributed by atoms with E-state index in [2.05, 4.69) is 37.8 Å². The number of likely N-dealkylation sites (tertiary alicyclic amines) is 1. The fourth-order valence-electron chi connectivity index (χ4n) is 6.24. The summed E-state index contributed by atoms with van der Waals surface area (Å²) < 4.78 is 7.57. The third-order valence-corrected chi connectivity index (χ3v) is 8.23. The Bertz CT molecular complexity index is 1670. The topological polar surface area (TPSA) is 101 Å². The lowest BCUT2D eigenvalue weighted by atomic mass is 9.92. The minimum Gasteiger partial charge on any atom is -0.376 e. The van der Waals surface area contributed by atoms with Crippen molar-refractivity contribution in [3.05, 3.63) is 72.6 Å². The van der Waals surface area contributed by atoms with Crippen LogP contribution in [-0.4, -0.2) is 56.5 Å². The summed E-state index contributed by atoms with van der Waals surface area (Å²) in [6.45, 7) is 6.08. The Labute approximate surface area is 225 Å².